The van der Waals surface area contributed by atoms with Crippen molar-refractivity contribution in [3.63, 3.8) is 0 Å². The summed E-state index contributed by atoms with van der Waals surface area (Å²) in [4.78, 5) is 7.21. The molecule has 3 aromatic rings. The van der Waals surface area contributed by atoms with Crippen LogP contribution in [0.25, 0.3) is 22.6 Å². The molecule has 2 heterocycles. The summed E-state index contributed by atoms with van der Waals surface area (Å²) in [6.45, 7) is 4.49. The van der Waals surface area contributed by atoms with Crippen LogP contribution in [0.15, 0.2) is 46.9 Å². The van der Waals surface area contributed by atoms with Crippen LogP contribution in [0.2, 0.25) is 5.02 Å². The number of likely N-dealkylation sites (tertiary alicyclic amines) is 1. The minimum atomic E-state index is 0.621. The Kier molecular flexibility index (Phi) is 4.30. The van der Waals surface area contributed by atoms with Crippen molar-refractivity contribution in [2.75, 3.05) is 6.54 Å². The van der Waals surface area contributed by atoms with E-state index in [0.717, 1.165) is 23.2 Å². The molecule has 4 heteroatoms. The van der Waals surface area contributed by atoms with E-state index in [9.17, 15) is 0 Å². The molecule has 3 nitrogen and oxygen atoms in total. The highest BCUT2D eigenvalue weighted by atomic mass is 35.5. The molecule has 0 aliphatic carbocycles. The van der Waals surface area contributed by atoms with Crippen molar-refractivity contribution in [1.82, 2.24) is 9.88 Å². The second-order valence-corrected chi connectivity index (χ2v) is 7.08. The minimum Gasteiger partial charge on any atom is -0.436 e. The van der Waals surface area contributed by atoms with Gasteiger partial charge in [-0.15, -0.1) is 0 Å². The monoisotopic (exact) mass is 340 g/mol. The molecule has 0 bridgehead atoms. The number of fused-ring (bicyclic) bond motifs is 1. The van der Waals surface area contributed by atoms with Crippen molar-refractivity contribution in [2.45, 2.75) is 38.8 Å². The van der Waals surface area contributed by atoms with Gasteiger partial charge in [0.25, 0.3) is 0 Å². The van der Waals surface area contributed by atoms with Crippen LogP contribution in [-0.2, 0) is 6.54 Å². The first-order valence-corrected chi connectivity index (χ1v) is 8.96. The smallest absolute Gasteiger partial charge is 0.227 e. The Hall–Kier alpha value is -1.84. The molecule has 1 fully saturated rings. The van der Waals surface area contributed by atoms with E-state index in [4.69, 9.17) is 16.0 Å². The fraction of sp³-hybridized carbons (Fsp3) is 0.350. The predicted octanol–water partition coefficient (Wildman–Crippen LogP) is 5.52. The SMILES string of the molecule is CC1CCCCN1Cc1ccc2oc(-c3cccc(Cl)c3)nc2c1. The minimum absolute atomic E-state index is 0.621. The maximum absolute atomic E-state index is 6.07. The fourth-order valence-corrected chi connectivity index (χ4v) is 3.63. The largest absolute Gasteiger partial charge is 0.436 e. The van der Waals surface area contributed by atoms with Crippen molar-refractivity contribution >= 4 is 22.7 Å². The van der Waals surface area contributed by atoms with Gasteiger partial charge in [-0.3, -0.25) is 4.90 Å². The second kappa shape index (κ2) is 6.58. The summed E-state index contributed by atoms with van der Waals surface area (Å²) in [6, 6.07) is 14.6. The van der Waals surface area contributed by atoms with Crippen molar-refractivity contribution in [3.05, 3.63) is 53.1 Å². The molecule has 0 N–H and O–H groups in total. The van der Waals surface area contributed by atoms with Gasteiger partial charge in [-0.25, -0.2) is 4.98 Å². The lowest BCUT2D eigenvalue weighted by Crippen LogP contribution is -2.36. The molecule has 124 valence electrons. The van der Waals surface area contributed by atoms with Crippen LogP contribution in [0, 0.1) is 0 Å². The molecule has 1 aromatic heterocycles. The molecule has 1 atom stereocenters. The van der Waals surface area contributed by atoms with E-state index < -0.39 is 0 Å². The average Bonchev–Trinajstić information content (AvgIpc) is 3.00. The highest BCUT2D eigenvalue weighted by molar-refractivity contribution is 6.30. The van der Waals surface area contributed by atoms with E-state index in [1.54, 1.807) is 0 Å². The molecule has 2 aromatic carbocycles. The van der Waals surface area contributed by atoms with Crippen molar-refractivity contribution in [2.24, 2.45) is 0 Å². The summed E-state index contributed by atoms with van der Waals surface area (Å²) in [6.07, 6.45) is 3.95. The molecular formula is C20H21ClN2O. The summed E-state index contributed by atoms with van der Waals surface area (Å²) in [5.41, 5.74) is 3.93. The molecule has 1 unspecified atom stereocenters. The van der Waals surface area contributed by atoms with Crippen LogP contribution in [0.3, 0.4) is 0 Å². The number of hydrogen-bond acceptors (Lipinski definition) is 3. The lowest BCUT2D eigenvalue weighted by molar-refractivity contribution is 0.152. The topological polar surface area (TPSA) is 29.3 Å². The summed E-state index contributed by atoms with van der Waals surface area (Å²) in [7, 11) is 0. The highest BCUT2D eigenvalue weighted by Crippen LogP contribution is 2.27. The third-order valence-corrected chi connectivity index (χ3v) is 5.08. The Morgan fingerprint density at radius 3 is 2.96 bits per heavy atom. The first kappa shape index (κ1) is 15.7. The lowest BCUT2D eigenvalue weighted by Gasteiger charge is -2.33. The third kappa shape index (κ3) is 3.19. The van der Waals surface area contributed by atoms with Gasteiger partial charge in [0.15, 0.2) is 5.58 Å². The van der Waals surface area contributed by atoms with E-state index in [0.29, 0.717) is 17.0 Å². The van der Waals surface area contributed by atoms with Gasteiger partial charge in [0, 0.05) is 23.2 Å². The standard InChI is InChI=1S/C20H21ClN2O/c1-14-5-2-3-10-23(14)13-15-8-9-19-18(11-15)22-20(24-19)16-6-4-7-17(21)12-16/h4,6-9,11-12,14H,2-3,5,10,13H2,1H3. The van der Waals surface area contributed by atoms with Gasteiger partial charge in [-0.2, -0.15) is 0 Å². The van der Waals surface area contributed by atoms with Crippen molar-refractivity contribution < 1.29 is 4.42 Å². The molecule has 24 heavy (non-hydrogen) atoms. The quantitative estimate of drug-likeness (QED) is 0.628. The van der Waals surface area contributed by atoms with Crippen molar-refractivity contribution in [1.29, 1.82) is 0 Å². The normalized spacial score (nSPS) is 19.0. The molecule has 0 saturated carbocycles. The second-order valence-electron chi connectivity index (χ2n) is 6.65. The fourth-order valence-electron chi connectivity index (χ4n) is 3.44. The van der Waals surface area contributed by atoms with Crippen LogP contribution < -0.4 is 0 Å². The van der Waals surface area contributed by atoms with E-state index >= 15 is 0 Å². The summed E-state index contributed by atoms with van der Waals surface area (Å²) in [5, 5.41) is 0.689. The maximum atomic E-state index is 6.07. The first-order valence-electron chi connectivity index (χ1n) is 8.58. The Morgan fingerprint density at radius 2 is 2.12 bits per heavy atom. The first-order chi connectivity index (χ1) is 11.7. The van der Waals surface area contributed by atoms with Crippen molar-refractivity contribution in [3.8, 4) is 11.5 Å². The molecule has 1 saturated heterocycles. The zero-order chi connectivity index (χ0) is 16.5. The average molecular weight is 341 g/mol. The zero-order valence-corrected chi connectivity index (χ0v) is 14.6. The molecule has 0 radical (unpaired) electrons. The molecule has 0 spiro atoms. The van der Waals surface area contributed by atoms with Gasteiger partial charge in [0.05, 0.1) is 0 Å². The molecule has 4 rings (SSSR count). The van der Waals surface area contributed by atoms with E-state index in [1.165, 1.54) is 31.4 Å². The molecule has 0 amide bonds. The van der Waals surface area contributed by atoms with Gasteiger partial charge in [-0.05, 0) is 62.2 Å². The van der Waals surface area contributed by atoms with Gasteiger partial charge >= 0.3 is 0 Å². The molecule has 1 aliphatic heterocycles. The Bertz CT molecular complexity index is 858. The number of piperidine rings is 1. The van der Waals surface area contributed by atoms with Gasteiger partial charge < -0.3 is 4.42 Å². The predicted molar refractivity (Wildman–Crippen MR) is 98.2 cm³/mol. The number of aromatic nitrogens is 1. The van der Waals surface area contributed by atoms with Crippen LogP contribution in [0.4, 0.5) is 0 Å². The Labute approximate surface area is 147 Å². The van der Waals surface area contributed by atoms with Gasteiger partial charge in [0.1, 0.15) is 5.52 Å². The number of benzene rings is 2. The van der Waals surface area contributed by atoms with Gasteiger partial charge in [-0.1, -0.05) is 30.2 Å². The van der Waals surface area contributed by atoms with E-state index in [2.05, 4.69) is 28.9 Å². The summed E-state index contributed by atoms with van der Waals surface area (Å²) < 4.78 is 5.89. The number of hydrogen-bond donors (Lipinski definition) is 0. The van der Waals surface area contributed by atoms with Crippen LogP contribution in [-0.4, -0.2) is 22.5 Å². The lowest BCUT2D eigenvalue weighted by atomic mass is 10.0. The van der Waals surface area contributed by atoms with Crippen LogP contribution >= 0.6 is 11.6 Å². The van der Waals surface area contributed by atoms with Gasteiger partial charge in [0.2, 0.25) is 5.89 Å². The van der Waals surface area contributed by atoms with Crippen LogP contribution in [0.5, 0.6) is 0 Å². The number of oxazole rings is 1. The maximum Gasteiger partial charge on any atom is 0.227 e. The number of rotatable bonds is 3. The highest BCUT2D eigenvalue weighted by Gasteiger charge is 2.18. The van der Waals surface area contributed by atoms with Crippen LogP contribution in [0.1, 0.15) is 31.7 Å². The third-order valence-electron chi connectivity index (χ3n) is 4.85. The molecule has 1 aliphatic rings. The molecular weight excluding hydrogens is 320 g/mol. The summed E-state index contributed by atoms with van der Waals surface area (Å²) in [5.74, 6) is 0.621. The zero-order valence-electron chi connectivity index (χ0n) is 13.8. The number of nitrogens with zero attached hydrogens (tertiary/aromatic N) is 2. The van der Waals surface area contributed by atoms with E-state index in [-0.39, 0.29) is 0 Å². The Morgan fingerprint density at radius 1 is 1.21 bits per heavy atom. The Balaban J connectivity index is 1.61. The summed E-state index contributed by atoms with van der Waals surface area (Å²) >= 11 is 6.07. The van der Waals surface area contributed by atoms with E-state index in [1.807, 2.05) is 30.3 Å². The number of halogens is 1.